The van der Waals surface area contributed by atoms with E-state index in [1.807, 2.05) is 6.20 Å². The zero-order valence-corrected chi connectivity index (χ0v) is 11.3. The van der Waals surface area contributed by atoms with Gasteiger partial charge in [-0.1, -0.05) is 0 Å². The van der Waals surface area contributed by atoms with E-state index in [9.17, 15) is 0 Å². The lowest BCUT2D eigenvalue weighted by Gasteiger charge is -2.45. The van der Waals surface area contributed by atoms with Crippen LogP contribution in [-0.2, 0) is 0 Å². The van der Waals surface area contributed by atoms with Crippen LogP contribution in [0.15, 0.2) is 21.3 Å². The molecule has 80 valence electrons. The molecule has 15 heavy (non-hydrogen) atoms. The summed E-state index contributed by atoms with van der Waals surface area (Å²) in [5.74, 6) is 0.840. The van der Waals surface area contributed by atoms with Gasteiger partial charge in [0, 0.05) is 31.6 Å². The second-order valence-electron chi connectivity index (χ2n) is 4.10. The Morgan fingerprint density at radius 2 is 2.27 bits per heavy atom. The van der Waals surface area contributed by atoms with Gasteiger partial charge in [-0.3, -0.25) is 0 Å². The average Bonchev–Trinajstić information content (AvgIpc) is 2.54. The molecule has 2 aliphatic heterocycles. The van der Waals surface area contributed by atoms with Crippen molar-refractivity contribution in [3.05, 3.63) is 21.3 Å². The van der Waals surface area contributed by atoms with E-state index >= 15 is 0 Å². The minimum atomic E-state index is 0.680. The number of nitrogens with one attached hydrogen (secondary N) is 1. The van der Waals surface area contributed by atoms with Crippen molar-refractivity contribution in [2.75, 3.05) is 24.5 Å². The number of anilines is 1. The standard InChI is InChI=1S/C10H11Br2N3/c11-8-1-7(3-14-10(8)12)15-5-6-2-13-4-9(6)15/h1,3,6,9,13H,2,4-5H2/t6-,9-/m1/s1. The topological polar surface area (TPSA) is 28.2 Å². The summed E-state index contributed by atoms with van der Waals surface area (Å²) in [7, 11) is 0. The summed E-state index contributed by atoms with van der Waals surface area (Å²) in [6, 6.07) is 2.81. The first-order chi connectivity index (χ1) is 7.25. The summed E-state index contributed by atoms with van der Waals surface area (Å²) in [6.07, 6.45) is 1.93. The van der Waals surface area contributed by atoms with Crippen LogP contribution < -0.4 is 10.2 Å². The lowest BCUT2D eigenvalue weighted by molar-refractivity contribution is 0.365. The Kier molecular flexibility index (Phi) is 2.49. The van der Waals surface area contributed by atoms with Gasteiger partial charge in [-0.25, -0.2) is 4.98 Å². The van der Waals surface area contributed by atoms with Crippen molar-refractivity contribution in [2.45, 2.75) is 6.04 Å². The molecule has 2 aliphatic rings. The molecule has 0 spiro atoms. The predicted molar refractivity (Wildman–Crippen MR) is 67.1 cm³/mol. The molecule has 1 N–H and O–H groups in total. The molecule has 3 rings (SSSR count). The number of nitrogens with zero attached hydrogens (tertiary/aromatic N) is 2. The van der Waals surface area contributed by atoms with Crippen LogP contribution in [0.2, 0.25) is 0 Å². The average molecular weight is 333 g/mol. The minimum Gasteiger partial charge on any atom is -0.365 e. The van der Waals surface area contributed by atoms with Crippen LogP contribution in [0.1, 0.15) is 0 Å². The molecule has 2 fully saturated rings. The maximum Gasteiger partial charge on any atom is 0.120 e. The van der Waals surface area contributed by atoms with Crippen LogP contribution in [0, 0.1) is 5.92 Å². The summed E-state index contributed by atoms with van der Waals surface area (Å²) in [6.45, 7) is 3.44. The summed E-state index contributed by atoms with van der Waals surface area (Å²) in [5.41, 5.74) is 1.22. The highest BCUT2D eigenvalue weighted by Crippen LogP contribution is 2.35. The first kappa shape index (κ1) is 10.1. The molecule has 0 aromatic carbocycles. The van der Waals surface area contributed by atoms with Gasteiger partial charge in [0.2, 0.25) is 0 Å². The van der Waals surface area contributed by atoms with Gasteiger partial charge < -0.3 is 10.2 Å². The molecule has 0 aliphatic carbocycles. The molecule has 2 saturated heterocycles. The fraction of sp³-hybridized carbons (Fsp3) is 0.500. The molecule has 0 bridgehead atoms. The molecule has 3 heterocycles. The van der Waals surface area contributed by atoms with E-state index in [0.717, 1.165) is 28.1 Å². The molecule has 2 atom stereocenters. The highest BCUT2D eigenvalue weighted by atomic mass is 79.9. The highest BCUT2D eigenvalue weighted by molar-refractivity contribution is 9.13. The van der Waals surface area contributed by atoms with E-state index < -0.39 is 0 Å². The Hall–Kier alpha value is -0.130. The third-order valence-corrected chi connectivity index (χ3v) is 5.02. The molecule has 0 saturated carbocycles. The number of hydrogen-bond acceptors (Lipinski definition) is 3. The maximum absolute atomic E-state index is 4.30. The Morgan fingerprint density at radius 1 is 1.40 bits per heavy atom. The Bertz CT molecular complexity index is 396. The van der Waals surface area contributed by atoms with Gasteiger partial charge in [0.15, 0.2) is 0 Å². The zero-order chi connectivity index (χ0) is 10.4. The van der Waals surface area contributed by atoms with E-state index in [4.69, 9.17) is 0 Å². The zero-order valence-electron chi connectivity index (χ0n) is 8.08. The number of rotatable bonds is 1. The third-order valence-electron chi connectivity index (χ3n) is 3.25. The van der Waals surface area contributed by atoms with E-state index in [2.05, 4.69) is 53.1 Å². The molecule has 3 nitrogen and oxygen atoms in total. The largest absolute Gasteiger partial charge is 0.365 e. The van der Waals surface area contributed by atoms with Crippen LogP contribution >= 0.6 is 31.9 Å². The van der Waals surface area contributed by atoms with Crippen LogP contribution in [-0.4, -0.2) is 30.7 Å². The Morgan fingerprint density at radius 3 is 3.00 bits per heavy atom. The van der Waals surface area contributed by atoms with Gasteiger partial charge in [-0.2, -0.15) is 0 Å². The summed E-state index contributed by atoms with van der Waals surface area (Å²) in [4.78, 5) is 6.73. The Balaban J connectivity index is 1.85. The molecule has 1 aromatic rings. The van der Waals surface area contributed by atoms with E-state index in [1.165, 1.54) is 12.2 Å². The van der Waals surface area contributed by atoms with Crippen LogP contribution in [0.5, 0.6) is 0 Å². The smallest absolute Gasteiger partial charge is 0.120 e. The molecular weight excluding hydrogens is 322 g/mol. The van der Waals surface area contributed by atoms with Gasteiger partial charge in [0.25, 0.3) is 0 Å². The van der Waals surface area contributed by atoms with E-state index in [1.54, 1.807) is 0 Å². The lowest BCUT2D eigenvalue weighted by atomic mass is 9.91. The predicted octanol–water partition coefficient (Wildman–Crippen LogP) is 2.01. The van der Waals surface area contributed by atoms with Crippen molar-refractivity contribution in [3.63, 3.8) is 0 Å². The van der Waals surface area contributed by atoms with Crippen molar-refractivity contribution in [2.24, 2.45) is 5.92 Å². The first-order valence-electron chi connectivity index (χ1n) is 5.04. The summed E-state index contributed by atoms with van der Waals surface area (Å²) < 4.78 is 1.89. The van der Waals surface area contributed by atoms with Gasteiger partial charge in [0.1, 0.15) is 4.60 Å². The SMILES string of the molecule is Brc1cc(N2C[C@H]3CNC[C@H]32)cnc1Br. The van der Waals surface area contributed by atoms with E-state index in [-0.39, 0.29) is 0 Å². The fourth-order valence-electron chi connectivity index (χ4n) is 2.39. The lowest BCUT2D eigenvalue weighted by Crippen LogP contribution is -2.55. The minimum absolute atomic E-state index is 0.680. The fourth-order valence-corrected chi connectivity index (χ4v) is 2.94. The first-order valence-corrected chi connectivity index (χ1v) is 6.63. The molecule has 0 amide bonds. The van der Waals surface area contributed by atoms with Crippen LogP contribution in [0.25, 0.3) is 0 Å². The molecule has 0 unspecified atom stereocenters. The van der Waals surface area contributed by atoms with Gasteiger partial charge in [-0.15, -0.1) is 0 Å². The van der Waals surface area contributed by atoms with Crippen molar-refractivity contribution in [1.82, 2.24) is 10.3 Å². The summed E-state index contributed by atoms with van der Waals surface area (Å²) >= 11 is 6.87. The number of hydrogen-bond donors (Lipinski definition) is 1. The second kappa shape index (κ2) is 3.71. The summed E-state index contributed by atoms with van der Waals surface area (Å²) in [5, 5.41) is 3.43. The normalized spacial score (nSPS) is 28.8. The number of fused-ring (bicyclic) bond motifs is 1. The number of halogens is 2. The molecule has 0 radical (unpaired) electrons. The molecule has 5 heteroatoms. The van der Waals surface area contributed by atoms with Gasteiger partial charge in [-0.05, 0) is 37.9 Å². The third kappa shape index (κ3) is 1.61. The van der Waals surface area contributed by atoms with E-state index in [0.29, 0.717) is 6.04 Å². The molecular formula is C10H11Br2N3. The van der Waals surface area contributed by atoms with Crippen molar-refractivity contribution in [3.8, 4) is 0 Å². The quantitative estimate of drug-likeness (QED) is 0.797. The maximum atomic E-state index is 4.30. The second-order valence-corrected chi connectivity index (χ2v) is 5.71. The highest BCUT2D eigenvalue weighted by Gasteiger charge is 2.42. The van der Waals surface area contributed by atoms with Crippen LogP contribution in [0.4, 0.5) is 5.69 Å². The molecule has 1 aromatic heterocycles. The van der Waals surface area contributed by atoms with Gasteiger partial charge in [0.05, 0.1) is 16.4 Å². The monoisotopic (exact) mass is 331 g/mol. The van der Waals surface area contributed by atoms with Crippen molar-refractivity contribution in [1.29, 1.82) is 0 Å². The van der Waals surface area contributed by atoms with Crippen molar-refractivity contribution < 1.29 is 0 Å². The van der Waals surface area contributed by atoms with Crippen molar-refractivity contribution >= 4 is 37.5 Å². The number of aromatic nitrogens is 1. The number of pyridine rings is 1. The van der Waals surface area contributed by atoms with Gasteiger partial charge >= 0.3 is 0 Å². The van der Waals surface area contributed by atoms with Crippen LogP contribution in [0.3, 0.4) is 0 Å². The Labute approximate surface area is 106 Å².